The Hall–Kier alpha value is -1.71. The van der Waals surface area contributed by atoms with Gasteiger partial charge in [0.1, 0.15) is 5.75 Å². The Morgan fingerprint density at radius 2 is 1.90 bits per heavy atom. The van der Waals surface area contributed by atoms with Gasteiger partial charge in [0, 0.05) is 18.8 Å². The lowest BCUT2D eigenvalue weighted by Gasteiger charge is -2.16. The quantitative estimate of drug-likeness (QED) is 0.868. The van der Waals surface area contributed by atoms with Gasteiger partial charge in [-0.1, -0.05) is 13.8 Å². The number of benzene rings is 1. The van der Waals surface area contributed by atoms with Crippen LogP contribution in [-0.4, -0.2) is 37.0 Å². The van der Waals surface area contributed by atoms with Gasteiger partial charge >= 0.3 is 0 Å². The predicted molar refractivity (Wildman–Crippen MR) is 81.1 cm³/mol. The predicted octanol–water partition coefficient (Wildman–Crippen LogP) is 2.76. The highest BCUT2D eigenvalue weighted by atomic mass is 16.5. The number of likely N-dealkylation sites (tertiary alicyclic amines) is 1. The molecule has 0 aliphatic carbocycles. The molecule has 110 valence electrons. The van der Waals surface area contributed by atoms with Crippen LogP contribution >= 0.6 is 0 Å². The summed E-state index contributed by atoms with van der Waals surface area (Å²) in [6.45, 7) is 7.15. The van der Waals surface area contributed by atoms with Crippen molar-refractivity contribution < 1.29 is 9.53 Å². The zero-order chi connectivity index (χ0) is 14.4. The lowest BCUT2D eigenvalue weighted by molar-refractivity contribution is -0.128. The summed E-state index contributed by atoms with van der Waals surface area (Å²) in [6.07, 6.45) is 2.27. The maximum atomic E-state index is 11.9. The highest BCUT2D eigenvalue weighted by Crippen LogP contribution is 2.16. The molecular weight excluding hydrogens is 252 g/mol. The van der Waals surface area contributed by atoms with Gasteiger partial charge in [0.05, 0.1) is 13.2 Å². The fraction of sp³-hybridized carbons (Fsp3) is 0.562. The molecule has 0 radical (unpaired) electrons. The Morgan fingerprint density at radius 1 is 1.25 bits per heavy atom. The van der Waals surface area contributed by atoms with E-state index in [2.05, 4.69) is 19.2 Å². The number of ether oxygens (including phenoxy) is 1. The molecule has 0 spiro atoms. The van der Waals surface area contributed by atoms with Gasteiger partial charge in [-0.25, -0.2) is 0 Å². The van der Waals surface area contributed by atoms with Crippen LogP contribution in [0.4, 0.5) is 5.69 Å². The third-order valence-electron chi connectivity index (χ3n) is 3.34. The Bertz CT molecular complexity index is 423. The van der Waals surface area contributed by atoms with E-state index in [-0.39, 0.29) is 5.91 Å². The summed E-state index contributed by atoms with van der Waals surface area (Å²) in [5.41, 5.74) is 0.953. The van der Waals surface area contributed by atoms with E-state index in [1.807, 2.05) is 29.2 Å². The second-order valence-electron chi connectivity index (χ2n) is 5.67. The fourth-order valence-electron chi connectivity index (χ4n) is 2.19. The smallest absolute Gasteiger partial charge is 0.241 e. The van der Waals surface area contributed by atoms with E-state index in [4.69, 9.17) is 4.74 Å². The van der Waals surface area contributed by atoms with Crippen molar-refractivity contribution in [3.05, 3.63) is 24.3 Å². The molecule has 1 fully saturated rings. The summed E-state index contributed by atoms with van der Waals surface area (Å²) in [5.74, 6) is 1.57. The number of carbonyl (C=O) groups excluding carboxylic acids is 1. The molecule has 0 saturated carbocycles. The molecule has 1 aliphatic rings. The molecule has 0 atom stereocenters. The molecule has 1 heterocycles. The lowest BCUT2D eigenvalue weighted by atomic mass is 10.2. The molecule has 1 amide bonds. The van der Waals surface area contributed by atoms with Gasteiger partial charge in [0.25, 0.3) is 0 Å². The van der Waals surface area contributed by atoms with Gasteiger partial charge in [0.15, 0.2) is 0 Å². The van der Waals surface area contributed by atoms with Gasteiger partial charge < -0.3 is 15.0 Å². The standard InChI is InChI=1S/C16H24N2O2/c1-13(2)12-20-15-7-5-14(6-8-15)17-11-16(19)18-9-3-4-10-18/h5-8,13,17H,3-4,9-12H2,1-2H3. The van der Waals surface area contributed by atoms with Gasteiger partial charge in [-0.3, -0.25) is 4.79 Å². The van der Waals surface area contributed by atoms with Crippen LogP contribution in [0.2, 0.25) is 0 Å². The van der Waals surface area contributed by atoms with E-state index >= 15 is 0 Å². The normalized spacial score (nSPS) is 14.7. The van der Waals surface area contributed by atoms with E-state index in [0.29, 0.717) is 12.5 Å². The average Bonchev–Trinajstić information content (AvgIpc) is 2.98. The van der Waals surface area contributed by atoms with Crippen LogP contribution in [0.1, 0.15) is 26.7 Å². The number of amides is 1. The number of rotatable bonds is 6. The van der Waals surface area contributed by atoms with Crippen LogP contribution in [-0.2, 0) is 4.79 Å². The lowest BCUT2D eigenvalue weighted by Crippen LogP contribution is -2.32. The summed E-state index contributed by atoms with van der Waals surface area (Å²) in [5, 5.41) is 3.17. The molecule has 4 nitrogen and oxygen atoms in total. The van der Waals surface area contributed by atoms with Crippen molar-refractivity contribution >= 4 is 11.6 Å². The Morgan fingerprint density at radius 3 is 2.50 bits per heavy atom. The minimum atomic E-state index is 0.183. The second-order valence-corrected chi connectivity index (χ2v) is 5.67. The number of anilines is 1. The zero-order valence-electron chi connectivity index (χ0n) is 12.4. The topological polar surface area (TPSA) is 41.6 Å². The highest BCUT2D eigenvalue weighted by Gasteiger charge is 2.17. The zero-order valence-corrected chi connectivity index (χ0v) is 12.4. The maximum absolute atomic E-state index is 11.9. The molecule has 20 heavy (non-hydrogen) atoms. The SMILES string of the molecule is CC(C)COc1ccc(NCC(=O)N2CCCC2)cc1. The Balaban J connectivity index is 1.77. The van der Waals surface area contributed by atoms with Crippen molar-refractivity contribution in [2.75, 3.05) is 31.6 Å². The first kappa shape index (κ1) is 14.7. The van der Waals surface area contributed by atoms with Crippen LogP contribution in [0, 0.1) is 5.92 Å². The third-order valence-corrected chi connectivity index (χ3v) is 3.34. The van der Waals surface area contributed by atoms with Crippen molar-refractivity contribution in [3.8, 4) is 5.75 Å². The number of hydrogen-bond acceptors (Lipinski definition) is 3. The summed E-state index contributed by atoms with van der Waals surface area (Å²) >= 11 is 0. The Kier molecular flexibility index (Phi) is 5.27. The largest absolute Gasteiger partial charge is 0.493 e. The monoisotopic (exact) mass is 276 g/mol. The first-order valence-corrected chi connectivity index (χ1v) is 7.39. The number of nitrogens with one attached hydrogen (secondary N) is 1. The van der Waals surface area contributed by atoms with Crippen molar-refractivity contribution in [2.45, 2.75) is 26.7 Å². The molecular formula is C16H24N2O2. The van der Waals surface area contributed by atoms with Gasteiger partial charge in [-0.15, -0.1) is 0 Å². The molecule has 1 aromatic carbocycles. The molecule has 0 bridgehead atoms. The third kappa shape index (κ3) is 4.44. The van der Waals surface area contributed by atoms with Crippen molar-refractivity contribution in [1.29, 1.82) is 0 Å². The van der Waals surface area contributed by atoms with E-state index in [9.17, 15) is 4.79 Å². The average molecular weight is 276 g/mol. The summed E-state index contributed by atoms with van der Waals surface area (Å²) in [7, 11) is 0. The molecule has 1 N–H and O–H groups in total. The fourth-order valence-corrected chi connectivity index (χ4v) is 2.19. The van der Waals surface area contributed by atoms with Crippen LogP contribution in [0.5, 0.6) is 5.75 Å². The Labute approximate surface area is 121 Å². The van der Waals surface area contributed by atoms with E-state index in [0.717, 1.165) is 44.0 Å². The van der Waals surface area contributed by atoms with Gasteiger partial charge in [-0.2, -0.15) is 0 Å². The summed E-state index contributed by atoms with van der Waals surface area (Å²) < 4.78 is 5.63. The second kappa shape index (κ2) is 7.17. The first-order valence-electron chi connectivity index (χ1n) is 7.39. The van der Waals surface area contributed by atoms with Crippen molar-refractivity contribution in [2.24, 2.45) is 5.92 Å². The van der Waals surface area contributed by atoms with Crippen LogP contribution in [0.15, 0.2) is 24.3 Å². The molecule has 0 aromatic heterocycles. The number of hydrogen-bond donors (Lipinski definition) is 1. The minimum absolute atomic E-state index is 0.183. The minimum Gasteiger partial charge on any atom is -0.493 e. The molecule has 1 aromatic rings. The van der Waals surface area contributed by atoms with Crippen molar-refractivity contribution in [3.63, 3.8) is 0 Å². The molecule has 4 heteroatoms. The molecule has 1 aliphatic heterocycles. The van der Waals surface area contributed by atoms with Gasteiger partial charge in [-0.05, 0) is 43.0 Å². The summed E-state index contributed by atoms with van der Waals surface area (Å²) in [4.78, 5) is 13.8. The van der Waals surface area contributed by atoms with E-state index in [1.165, 1.54) is 0 Å². The van der Waals surface area contributed by atoms with E-state index in [1.54, 1.807) is 0 Å². The van der Waals surface area contributed by atoms with E-state index < -0.39 is 0 Å². The summed E-state index contributed by atoms with van der Waals surface area (Å²) in [6, 6.07) is 7.77. The molecule has 1 saturated heterocycles. The highest BCUT2D eigenvalue weighted by molar-refractivity contribution is 5.81. The molecule has 0 unspecified atom stereocenters. The van der Waals surface area contributed by atoms with Crippen LogP contribution in [0.25, 0.3) is 0 Å². The number of carbonyl (C=O) groups is 1. The van der Waals surface area contributed by atoms with Crippen LogP contribution < -0.4 is 10.1 Å². The maximum Gasteiger partial charge on any atom is 0.241 e. The van der Waals surface area contributed by atoms with Crippen LogP contribution in [0.3, 0.4) is 0 Å². The molecule has 2 rings (SSSR count). The number of nitrogens with zero attached hydrogens (tertiary/aromatic N) is 1. The first-order chi connectivity index (χ1) is 9.65. The van der Waals surface area contributed by atoms with Gasteiger partial charge in [0.2, 0.25) is 5.91 Å². The van der Waals surface area contributed by atoms with Crippen molar-refractivity contribution in [1.82, 2.24) is 4.90 Å².